The van der Waals surface area contributed by atoms with Crippen molar-refractivity contribution in [1.82, 2.24) is 4.90 Å². The summed E-state index contributed by atoms with van der Waals surface area (Å²) in [6.07, 6.45) is 0. The summed E-state index contributed by atoms with van der Waals surface area (Å²) in [6.45, 7) is 2.05. The molecule has 1 amide bonds. The van der Waals surface area contributed by atoms with Crippen LogP contribution in [0.4, 0.5) is 4.39 Å². The van der Waals surface area contributed by atoms with E-state index < -0.39 is 6.04 Å². The first-order valence-electron chi connectivity index (χ1n) is 5.74. The maximum absolute atomic E-state index is 12.8. The molecular formula is C13H20ClFN2O2. The topological polar surface area (TPSA) is 55.6 Å². The lowest BCUT2D eigenvalue weighted by Gasteiger charge is -2.27. The largest absolute Gasteiger partial charge is 0.383 e. The fraction of sp³-hybridized carbons (Fsp3) is 0.462. The van der Waals surface area contributed by atoms with Crippen molar-refractivity contribution >= 4 is 18.3 Å². The molecule has 0 aliphatic rings. The maximum atomic E-state index is 12.8. The number of carbonyl (C=O) groups is 1. The molecule has 2 N–H and O–H groups in total. The lowest BCUT2D eigenvalue weighted by molar-refractivity contribution is -0.134. The normalized spacial score (nSPS) is 13.3. The molecule has 0 aliphatic carbocycles. The van der Waals surface area contributed by atoms with E-state index in [1.54, 1.807) is 19.2 Å². The zero-order valence-electron chi connectivity index (χ0n) is 11.3. The van der Waals surface area contributed by atoms with Crippen molar-refractivity contribution < 1.29 is 13.9 Å². The Balaban J connectivity index is 0.00000324. The Hall–Kier alpha value is -1.17. The molecule has 2 atom stereocenters. The highest BCUT2D eigenvalue weighted by molar-refractivity contribution is 5.85. The number of ether oxygens (including phenoxy) is 1. The van der Waals surface area contributed by atoms with Crippen LogP contribution in [0.3, 0.4) is 0 Å². The molecule has 19 heavy (non-hydrogen) atoms. The van der Waals surface area contributed by atoms with Crippen molar-refractivity contribution in [3.05, 3.63) is 35.6 Å². The van der Waals surface area contributed by atoms with Gasteiger partial charge in [0.05, 0.1) is 12.6 Å². The van der Waals surface area contributed by atoms with Crippen LogP contribution in [0, 0.1) is 5.82 Å². The second kappa shape index (κ2) is 8.09. The first-order chi connectivity index (χ1) is 8.47. The smallest absolute Gasteiger partial charge is 0.242 e. The van der Waals surface area contributed by atoms with Crippen molar-refractivity contribution in [2.24, 2.45) is 5.73 Å². The Labute approximate surface area is 119 Å². The van der Waals surface area contributed by atoms with Crippen molar-refractivity contribution in [3.63, 3.8) is 0 Å². The molecular weight excluding hydrogens is 271 g/mol. The minimum absolute atomic E-state index is 0. The lowest BCUT2D eigenvalue weighted by Crippen LogP contribution is -2.45. The molecule has 0 saturated carbocycles. The van der Waals surface area contributed by atoms with Crippen LogP contribution in [0.25, 0.3) is 0 Å². The summed E-state index contributed by atoms with van der Waals surface area (Å²) in [5.41, 5.74) is 6.55. The van der Waals surface area contributed by atoms with E-state index in [1.165, 1.54) is 24.1 Å². The summed E-state index contributed by atoms with van der Waals surface area (Å²) in [5.74, 6) is -0.496. The molecule has 0 bridgehead atoms. The van der Waals surface area contributed by atoms with Crippen LogP contribution < -0.4 is 5.73 Å². The summed E-state index contributed by atoms with van der Waals surface area (Å²) in [5, 5.41) is 0. The van der Waals surface area contributed by atoms with Gasteiger partial charge in [-0.05, 0) is 24.6 Å². The van der Waals surface area contributed by atoms with Crippen LogP contribution in [0.1, 0.15) is 18.5 Å². The molecule has 0 heterocycles. The van der Waals surface area contributed by atoms with Gasteiger partial charge in [0.1, 0.15) is 11.9 Å². The predicted octanol–water partition coefficient (Wildman–Crippen LogP) is 1.74. The van der Waals surface area contributed by atoms with Crippen molar-refractivity contribution in [2.75, 3.05) is 20.8 Å². The van der Waals surface area contributed by atoms with E-state index in [0.29, 0.717) is 0 Å². The van der Waals surface area contributed by atoms with Gasteiger partial charge in [-0.1, -0.05) is 12.1 Å². The Kier molecular flexibility index (Phi) is 7.59. The average molecular weight is 291 g/mol. The number of nitrogens with zero attached hydrogens (tertiary/aromatic N) is 1. The highest BCUT2D eigenvalue weighted by Gasteiger charge is 2.22. The van der Waals surface area contributed by atoms with Crippen LogP contribution in [0.5, 0.6) is 0 Å². The van der Waals surface area contributed by atoms with Gasteiger partial charge in [0.25, 0.3) is 0 Å². The number of benzene rings is 1. The van der Waals surface area contributed by atoms with E-state index in [1.807, 2.05) is 6.92 Å². The SMILES string of the molecule is COCC(N)C(=O)N(C)C(C)c1ccc(F)cc1.Cl. The Morgan fingerprint density at radius 1 is 1.42 bits per heavy atom. The minimum Gasteiger partial charge on any atom is -0.383 e. The molecule has 0 spiro atoms. The number of methoxy groups -OCH3 is 1. The monoisotopic (exact) mass is 290 g/mol. The second-order valence-electron chi connectivity index (χ2n) is 4.24. The van der Waals surface area contributed by atoms with E-state index in [2.05, 4.69) is 0 Å². The fourth-order valence-corrected chi connectivity index (χ4v) is 1.67. The van der Waals surface area contributed by atoms with Gasteiger partial charge < -0.3 is 15.4 Å². The number of rotatable bonds is 5. The molecule has 0 fully saturated rings. The van der Waals surface area contributed by atoms with Crippen molar-refractivity contribution in [1.29, 1.82) is 0 Å². The number of likely N-dealkylation sites (N-methyl/N-ethyl adjacent to an activating group) is 1. The van der Waals surface area contributed by atoms with E-state index in [4.69, 9.17) is 10.5 Å². The standard InChI is InChI=1S/C13H19FN2O2.ClH/c1-9(10-4-6-11(14)7-5-10)16(2)13(17)12(15)8-18-3;/h4-7,9,12H,8,15H2,1-3H3;1H. The van der Waals surface area contributed by atoms with Crippen LogP contribution in [0.15, 0.2) is 24.3 Å². The first-order valence-corrected chi connectivity index (χ1v) is 5.74. The van der Waals surface area contributed by atoms with Gasteiger partial charge in [0.2, 0.25) is 5.91 Å². The third-order valence-corrected chi connectivity index (χ3v) is 2.94. The summed E-state index contributed by atoms with van der Waals surface area (Å²) >= 11 is 0. The minimum atomic E-state index is -0.678. The number of hydrogen-bond donors (Lipinski definition) is 1. The lowest BCUT2D eigenvalue weighted by atomic mass is 10.1. The molecule has 0 aromatic heterocycles. The zero-order chi connectivity index (χ0) is 13.7. The zero-order valence-corrected chi connectivity index (χ0v) is 12.1. The van der Waals surface area contributed by atoms with Crippen LogP contribution in [-0.4, -0.2) is 37.6 Å². The van der Waals surface area contributed by atoms with Gasteiger partial charge >= 0.3 is 0 Å². The molecule has 0 aliphatic heterocycles. The van der Waals surface area contributed by atoms with Crippen molar-refractivity contribution in [3.8, 4) is 0 Å². The average Bonchev–Trinajstić information content (AvgIpc) is 2.37. The number of carbonyl (C=O) groups excluding carboxylic acids is 1. The van der Waals surface area contributed by atoms with Gasteiger partial charge in [-0.25, -0.2) is 4.39 Å². The first kappa shape index (κ1) is 17.8. The quantitative estimate of drug-likeness (QED) is 0.899. The summed E-state index contributed by atoms with van der Waals surface area (Å²) in [4.78, 5) is 13.5. The van der Waals surface area contributed by atoms with Gasteiger partial charge in [0, 0.05) is 14.2 Å². The van der Waals surface area contributed by atoms with Crippen LogP contribution >= 0.6 is 12.4 Å². The molecule has 4 nitrogen and oxygen atoms in total. The molecule has 0 radical (unpaired) electrons. The maximum Gasteiger partial charge on any atom is 0.242 e. The van der Waals surface area contributed by atoms with E-state index in [-0.39, 0.29) is 36.8 Å². The third-order valence-electron chi connectivity index (χ3n) is 2.94. The van der Waals surface area contributed by atoms with Gasteiger partial charge in [-0.3, -0.25) is 4.79 Å². The molecule has 2 unspecified atom stereocenters. The third kappa shape index (κ3) is 4.78. The highest BCUT2D eigenvalue weighted by Crippen LogP contribution is 2.19. The summed E-state index contributed by atoms with van der Waals surface area (Å²) in [6, 6.07) is 5.22. The Bertz CT molecular complexity index is 400. The number of amides is 1. The summed E-state index contributed by atoms with van der Waals surface area (Å²) < 4.78 is 17.7. The van der Waals surface area contributed by atoms with Gasteiger partial charge in [0.15, 0.2) is 0 Å². The van der Waals surface area contributed by atoms with Crippen LogP contribution in [0.2, 0.25) is 0 Å². The summed E-state index contributed by atoms with van der Waals surface area (Å²) in [7, 11) is 3.17. The number of hydrogen-bond acceptors (Lipinski definition) is 3. The number of nitrogens with two attached hydrogens (primary N) is 1. The predicted molar refractivity (Wildman–Crippen MR) is 74.7 cm³/mol. The fourth-order valence-electron chi connectivity index (χ4n) is 1.67. The van der Waals surface area contributed by atoms with Gasteiger partial charge in [-0.2, -0.15) is 0 Å². The molecule has 0 saturated heterocycles. The molecule has 1 aromatic carbocycles. The molecule has 6 heteroatoms. The van der Waals surface area contributed by atoms with E-state index in [0.717, 1.165) is 5.56 Å². The molecule has 1 rings (SSSR count). The molecule has 1 aromatic rings. The van der Waals surface area contributed by atoms with Gasteiger partial charge in [-0.15, -0.1) is 12.4 Å². The second-order valence-corrected chi connectivity index (χ2v) is 4.24. The number of halogens is 2. The molecule has 108 valence electrons. The van der Waals surface area contributed by atoms with Crippen molar-refractivity contribution in [2.45, 2.75) is 19.0 Å². The van der Waals surface area contributed by atoms with E-state index in [9.17, 15) is 9.18 Å². The van der Waals surface area contributed by atoms with Crippen LogP contribution in [-0.2, 0) is 9.53 Å². The Morgan fingerprint density at radius 3 is 2.42 bits per heavy atom. The van der Waals surface area contributed by atoms with E-state index >= 15 is 0 Å². The highest BCUT2D eigenvalue weighted by atomic mass is 35.5. The Morgan fingerprint density at radius 2 is 1.95 bits per heavy atom.